The number of aliphatic imine (C=N–C) groups is 1. The van der Waals surface area contributed by atoms with Gasteiger partial charge in [0.05, 0.1) is 13.2 Å². The molecule has 3 aliphatic rings. The predicted molar refractivity (Wildman–Crippen MR) is 64.4 cm³/mol. The van der Waals surface area contributed by atoms with Crippen LogP contribution in [0.4, 0.5) is 0 Å². The molecule has 3 heteroatoms. The summed E-state index contributed by atoms with van der Waals surface area (Å²) in [5.41, 5.74) is 0. The van der Waals surface area contributed by atoms with Crippen LogP contribution in [0.3, 0.4) is 0 Å². The lowest BCUT2D eigenvalue weighted by atomic mass is 9.79. The maximum Gasteiger partial charge on any atom is 0.103 e. The van der Waals surface area contributed by atoms with Gasteiger partial charge in [0.25, 0.3) is 0 Å². The number of aliphatic hydroxyl groups is 1. The molecule has 0 spiro atoms. The highest BCUT2D eigenvalue weighted by molar-refractivity contribution is 5.87. The van der Waals surface area contributed by atoms with E-state index in [2.05, 4.69) is 11.8 Å². The molecule has 2 saturated carbocycles. The van der Waals surface area contributed by atoms with Crippen molar-refractivity contribution in [3.63, 3.8) is 0 Å². The summed E-state index contributed by atoms with van der Waals surface area (Å²) in [6.07, 6.45) is 4.28. The molecule has 2 fully saturated rings. The van der Waals surface area contributed by atoms with E-state index in [4.69, 9.17) is 10.1 Å². The summed E-state index contributed by atoms with van der Waals surface area (Å²) in [4.78, 5) is 7.04. The molecule has 3 nitrogen and oxygen atoms in total. The van der Waals surface area contributed by atoms with Crippen LogP contribution < -0.4 is 0 Å². The zero-order valence-electron chi connectivity index (χ0n) is 10.1. The van der Waals surface area contributed by atoms with Gasteiger partial charge in [-0.25, -0.2) is 0 Å². The average molecular weight is 222 g/mol. The van der Waals surface area contributed by atoms with Gasteiger partial charge in [-0.2, -0.15) is 0 Å². The Hall–Kier alpha value is -0.570. The number of amidine groups is 1. The topological polar surface area (TPSA) is 35.8 Å². The third-order valence-electron chi connectivity index (χ3n) is 4.97. The van der Waals surface area contributed by atoms with Crippen LogP contribution in [0.5, 0.6) is 0 Å². The van der Waals surface area contributed by atoms with E-state index in [1.165, 1.54) is 25.1 Å². The summed E-state index contributed by atoms with van der Waals surface area (Å²) in [6, 6.07) is 0. The van der Waals surface area contributed by atoms with Crippen molar-refractivity contribution in [3.8, 4) is 0 Å². The molecule has 0 saturated heterocycles. The van der Waals surface area contributed by atoms with Crippen LogP contribution in [0.2, 0.25) is 0 Å². The van der Waals surface area contributed by atoms with Crippen molar-refractivity contribution in [1.82, 2.24) is 4.90 Å². The molecule has 16 heavy (non-hydrogen) atoms. The van der Waals surface area contributed by atoms with Crippen LogP contribution >= 0.6 is 0 Å². The van der Waals surface area contributed by atoms with Crippen LogP contribution in [0.1, 0.15) is 26.2 Å². The Bertz CT molecular complexity index is 300. The summed E-state index contributed by atoms with van der Waals surface area (Å²) < 4.78 is 0. The highest BCUT2D eigenvalue weighted by atomic mass is 16.3. The number of fused-ring (bicyclic) bond motifs is 2. The first-order valence-electron chi connectivity index (χ1n) is 6.71. The zero-order chi connectivity index (χ0) is 11.1. The predicted octanol–water partition coefficient (Wildman–Crippen LogP) is 1.38. The van der Waals surface area contributed by atoms with Crippen LogP contribution in [-0.2, 0) is 0 Å². The summed E-state index contributed by atoms with van der Waals surface area (Å²) in [5, 5.41) is 9.09. The normalized spacial score (nSPS) is 41.9. The standard InChI is InChI=1S/C13H22N2O/c1-9-10-2-3-11(8-10)12(9)13-14-4-5-15(13)6-7-16/h9-12,16H,2-8H2,1H3. The molecular formula is C13H22N2O. The van der Waals surface area contributed by atoms with Gasteiger partial charge >= 0.3 is 0 Å². The van der Waals surface area contributed by atoms with Gasteiger partial charge < -0.3 is 10.0 Å². The minimum atomic E-state index is 0.258. The van der Waals surface area contributed by atoms with E-state index in [-0.39, 0.29) is 6.61 Å². The third-order valence-corrected chi connectivity index (χ3v) is 4.97. The molecule has 4 atom stereocenters. The van der Waals surface area contributed by atoms with Crippen molar-refractivity contribution in [3.05, 3.63) is 0 Å². The van der Waals surface area contributed by atoms with Gasteiger partial charge in [-0.15, -0.1) is 0 Å². The van der Waals surface area contributed by atoms with Gasteiger partial charge in [-0.1, -0.05) is 6.92 Å². The molecule has 4 unspecified atom stereocenters. The van der Waals surface area contributed by atoms with Crippen LogP contribution in [0, 0.1) is 23.7 Å². The fraction of sp³-hybridized carbons (Fsp3) is 0.923. The van der Waals surface area contributed by atoms with Crippen molar-refractivity contribution in [2.75, 3.05) is 26.2 Å². The summed E-state index contributed by atoms with van der Waals surface area (Å²) in [7, 11) is 0. The SMILES string of the molecule is CC1C2CCC(C2)C1C1=NCCN1CCO. The van der Waals surface area contributed by atoms with Crippen LogP contribution in [0.25, 0.3) is 0 Å². The maximum atomic E-state index is 9.09. The Morgan fingerprint density at radius 1 is 1.38 bits per heavy atom. The second kappa shape index (κ2) is 4.02. The highest BCUT2D eigenvalue weighted by Crippen LogP contribution is 2.53. The largest absolute Gasteiger partial charge is 0.395 e. The Balaban J connectivity index is 1.77. The quantitative estimate of drug-likeness (QED) is 0.783. The lowest BCUT2D eigenvalue weighted by Crippen LogP contribution is -2.40. The van der Waals surface area contributed by atoms with E-state index in [1.54, 1.807) is 0 Å². The monoisotopic (exact) mass is 222 g/mol. The molecule has 0 aromatic heterocycles. The zero-order valence-corrected chi connectivity index (χ0v) is 10.1. The fourth-order valence-electron chi connectivity index (χ4n) is 4.19. The maximum absolute atomic E-state index is 9.09. The number of β-amino-alcohol motifs (C(OH)–C–C–N with tert-alkyl or cyclic N) is 1. The Labute approximate surface area is 97.6 Å². The van der Waals surface area contributed by atoms with Gasteiger partial charge in [-0.05, 0) is 37.0 Å². The van der Waals surface area contributed by atoms with Gasteiger partial charge in [0, 0.05) is 19.0 Å². The Kier molecular flexibility index (Phi) is 2.66. The number of hydrogen-bond donors (Lipinski definition) is 1. The smallest absolute Gasteiger partial charge is 0.103 e. The first-order chi connectivity index (χ1) is 7.81. The molecule has 2 bridgehead atoms. The molecule has 90 valence electrons. The molecular weight excluding hydrogens is 200 g/mol. The lowest BCUT2D eigenvalue weighted by molar-refractivity contribution is 0.238. The number of nitrogens with zero attached hydrogens (tertiary/aromatic N) is 2. The average Bonchev–Trinajstić information content (AvgIpc) is 2.94. The van der Waals surface area contributed by atoms with E-state index in [0.29, 0.717) is 5.92 Å². The molecule has 0 aromatic rings. The van der Waals surface area contributed by atoms with Gasteiger partial charge in [-0.3, -0.25) is 4.99 Å². The van der Waals surface area contributed by atoms with Crippen LogP contribution in [-0.4, -0.2) is 42.1 Å². The van der Waals surface area contributed by atoms with Crippen molar-refractivity contribution in [2.45, 2.75) is 26.2 Å². The minimum Gasteiger partial charge on any atom is -0.395 e. The van der Waals surface area contributed by atoms with Crippen molar-refractivity contribution in [2.24, 2.45) is 28.7 Å². The van der Waals surface area contributed by atoms with E-state index < -0.39 is 0 Å². The Morgan fingerprint density at radius 3 is 2.88 bits per heavy atom. The molecule has 0 amide bonds. The number of hydrogen-bond acceptors (Lipinski definition) is 3. The second-order valence-corrected chi connectivity index (χ2v) is 5.67. The first-order valence-corrected chi connectivity index (χ1v) is 6.71. The van der Waals surface area contributed by atoms with Gasteiger partial charge in [0.2, 0.25) is 0 Å². The van der Waals surface area contributed by atoms with E-state index in [1.807, 2.05) is 0 Å². The van der Waals surface area contributed by atoms with Crippen molar-refractivity contribution < 1.29 is 5.11 Å². The lowest BCUT2D eigenvalue weighted by Gasteiger charge is -2.33. The van der Waals surface area contributed by atoms with E-state index >= 15 is 0 Å². The van der Waals surface area contributed by atoms with Gasteiger partial charge in [0.15, 0.2) is 0 Å². The second-order valence-electron chi connectivity index (χ2n) is 5.67. The molecule has 1 N–H and O–H groups in total. The Morgan fingerprint density at radius 2 is 2.19 bits per heavy atom. The molecule has 3 rings (SSSR count). The summed E-state index contributed by atoms with van der Waals surface area (Å²) >= 11 is 0. The van der Waals surface area contributed by atoms with E-state index in [9.17, 15) is 0 Å². The summed E-state index contributed by atoms with van der Waals surface area (Å²) in [5.74, 6) is 4.69. The third kappa shape index (κ3) is 1.48. The van der Waals surface area contributed by atoms with Crippen molar-refractivity contribution in [1.29, 1.82) is 0 Å². The van der Waals surface area contributed by atoms with Crippen LogP contribution in [0.15, 0.2) is 4.99 Å². The fourth-order valence-corrected chi connectivity index (χ4v) is 4.19. The summed E-state index contributed by atoms with van der Waals surface area (Å²) in [6.45, 7) is 5.41. The molecule has 2 aliphatic carbocycles. The van der Waals surface area contributed by atoms with E-state index in [0.717, 1.165) is 37.4 Å². The van der Waals surface area contributed by atoms with Gasteiger partial charge in [0.1, 0.15) is 5.84 Å². The highest BCUT2D eigenvalue weighted by Gasteiger charge is 2.48. The van der Waals surface area contributed by atoms with Crippen molar-refractivity contribution >= 4 is 5.84 Å². The number of aliphatic hydroxyl groups excluding tert-OH is 1. The molecule has 1 heterocycles. The number of rotatable bonds is 3. The molecule has 0 aromatic carbocycles. The minimum absolute atomic E-state index is 0.258. The molecule has 1 aliphatic heterocycles. The molecule has 0 radical (unpaired) electrons. The first kappa shape index (κ1) is 10.6.